The molecule has 0 radical (unpaired) electrons. The van der Waals surface area contributed by atoms with Crippen molar-refractivity contribution in [3.8, 4) is 0 Å². The van der Waals surface area contributed by atoms with Gasteiger partial charge >= 0.3 is 0 Å². The van der Waals surface area contributed by atoms with Crippen molar-refractivity contribution in [2.75, 3.05) is 19.6 Å². The Hall–Kier alpha value is -2.11. The van der Waals surface area contributed by atoms with Crippen molar-refractivity contribution in [1.82, 2.24) is 19.4 Å². The Morgan fingerprint density at radius 2 is 2.12 bits per heavy atom. The van der Waals surface area contributed by atoms with Crippen LogP contribution in [-0.2, 0) is 22.6 Å². The van der Waals surface area contributed by atoms with E-state index in [1.54, 1.807) is 6.20 Å². The van der Waals surface area contributed by atoms with Crippen LogP contribution in [-0.4, -0.2) is 56.8 Å². The Balaban J connectivity index is 1.72. The molecule has 3 saturated heterocycles. The van der Waals surface area contributed by atoms with E-state index < -0.39 is 0 Å². The van der Waals surface area contributed by atoms with Crippen molar-refractivity contribution in [2.24, 2.45) is 5.92 Å². The van der Waals surface area contributed by atoms with Crippen LogP contribution in [0.3, 0.4) is 0 Å². The minimum atomic E-state index is -0.0540. The molecule has 0 unspecified atom stereocenters. The monoisotopic (exact) mass is 344 g/mol. The molecule has 0 aliphatic carbocycles. The van der Waals surface area contributed by atoms with E-state index in [0.29, 0.717) is 26.2 Å². The molecular formula is C19H28N4O2. The largest absolute Gasteiger partial charge is 0.338 e. The molecule has 4 heterocycles. The molecule has 0 spiro atoms. The number of amides is 2. The average Bonchev–Trinajstić information content (AvgIpc) is 2.84. The Morgan fingerprint density at radius 1 is 1.32 bits per heavy atom. The first-order chi connectivity index (χ1) is 12.0. The van der Waals surface area contributed by atoms with Gasteiger partial charge in [0.25, 0.3) is 0 Å². The number of aryl methyl sites for hydroxylation is 1. The molecule has 2 amide bonds. The van der Waals surface area contributed by atoms with Crippen LogP contribution in [0.15, 0.2) is 24.0 Å². The zero-order valence-electron chi connectivity index (χ0n) is 15.4. The molecule has 3 aliphatic rings. The Morgan fingerprint density at radius 3 is 2.84 bits per heavy atom. The van der Waals surface area contributed by atoms with Crippen molar-refractivity contribution < 1.29 is 9.59 Å². The second-order valence-corrected chi connectivity index (χ2v) is 7.32. The first-order valence-corrected chi connectivity index (χ1v) is 9.21. The fourth-order valence-electron chi connectivity index (χ4n) is 3.81. The van der Waals surface area contributed by atoms with E-state index in [0.717, 1.165) is 25.1 Å². The number of nitrogens with zero attached hydrogens (tertiary/aromatic N) is 4. The van der Waals surface area contributed by atoms with Crippen LogP contribution in [0.4, 0.5) is 0 Å². The number of allylic oxidation sites excluding steroid dienone is 1. The summed E-state index contributed by atoms with van der Waals surface area (Å²) in [7, 11) is 0. The lowest BCUT2D eigenvalue weighted by Gasteiger charge is -2.35. The Bertz CT molecular complexity index is 675. The molecule has 136 valence electrons. The molecule has 0 aromatic carbocycles. The maximum Gasteiger partial charge on any atom is 0.242 e. The zero-order valence-corrected chi connectivity index (χ0v) is 15.4. The van der Waals surface area contributed by atoms with Gasteiger partial charge in [-0.15, -0.1) is 0 Å². The summed E-state index contributed by atoms with van der Waals surface area (Å²) in [5, 5.41) is 0. The highest BCUT2D eigenvalue weighted by Crippen LogP contribution is 2.29. The van der Waals surface area contributed by atoms with Crippen molar-refractivity contribution in [2.45, 2.75) is 52.6 Å². The number of hydrogen-bond acceptors (Lipinski definition) is 3. The predicted octanol–water partition coefficient (Wildman–Crippen LogP) is 1.86. The lowest BCUT2D eigenvalue weighted by atomic mass is 9.94. The summed E-state index contributed by atoms with van der Waals surface area (Å²) in [6.07, 6.45) is 8.38. The van der Waals surface area contributed by atoms with E-state index in [9.17, 15) is 9.59 Å². The maximum atomic E-state index is 12.8. The molecule has 6 heteroatoms. The second-order valence-electron chi connectivity index (χ2n) is 7.32. The Kier molecular flexibility index (Phi) is 5.25. The first kappa shape index (κ1) is 17.7. The van der Waals surface area contributed by atoms with E-state index >= 15 is 0 Å². The number of aromatic nitrogens is 2. The normalized spacial score (nSPS) is 22.9. The fraction of sp³-hybridized carbons (Fsp3) is 0.632. The lowest BCUT2D eigenvalue weighted by molar-refractivity contribution is -0.139. The van der Waals surface area contributed by atoms with Crippen LogP contribution >= 0.6 is 0 Å². The molecule has 0 saturated carbocycles. The number of imidazole rings is 1. The third-order valence-corrected chi connectivity index (χ3v) is 5.27. The van der Waals surface area contributed by atoms with E-state index in [4.69, 9.17) is 0 Å². The lowest BCUT2D eigenvalue weighted by Crippen LogP contribution is -2.48. The summed E-state index contributed by atoms with van der Waals surface area (Å²) in [5.41, 5.74) is 1.22. The van der Waals surface area contributed by atoms with Gasteiger partial charge in [-0.3, -0.25) is 9.59 Å². The van der Waals surface area contributed by atoms with Gasteiger partial charge in [-0.25, -0.2) is 4.98 Å². The number of piperidine rings is 1. The highest BCUT2D eigenvalue weighted by Gasteiger charge is 2.41. The minimum absolute atomic E-state index is 0.0540. The van der Waals surface area contributed by atoms with Crippen LogP contribution in [0.5, 0.6) is 0 Å². The van der Waals surface area contributed by atoms with E-state index in [-0.39, 0.29) is 23.8 Å². The third kappa shape index (κ3) is 3.78. The topological polar surface area (TPSA) is 58.4 Å². The first-order valence-electron chi connectivity index (χ1n) is 9.21. The minimum Gasteiger partial charge on any atom is -0.338 e. The molecule has 25 heavy (non-hydrogen) atoms. The summed E-state index contributed by atoms with van der Waals surface area (Å²) >= 11 is 0. The quantitative estimate of drug-likeness (QED) is 0.766. The van der Waals surface area contributed by atoms with Crippen molar-refractivity contribution in [1.29, 1.82) is 0 Å². The van der Waals surface area contributed by atoms with Crippen molar-refractivity contribution in [3.05, 3.63) is 29.9 Å². The van der Waals surface area contributed by atoms with Crippen LogP contribution in [0, 0.1) is 5.92 Å². The Labute approximate surface area is 149 Å². The van der Waals surface area contributed by atoms with Gasteiger partial charge in [-0.2, -0.15) is 0 Å². The van der Waals surface area contributed by atoms with Gasteiger partial charge in [0, 0.05) is 44.5 Å². The molecule has 2 atom stereocenters. The smallest absolute Gasteiger partial charge is 0.242 e. The second kappa shape index (κ2) is 7.42. The molecule has 2 bridgehead atoms. The summed E-state index contributed by atoms with van der Waals surface area (Å²) in [4.78, 5) is 33.7. The van der Waals surface area contributed by atoms with Crippen LogP contribution in [0.25, 0.3) is 0 Å². The fourth-order valence-corrected chi connectivity index (χ4v) is 3.81. The van der Waals surface area contributed by atoms with Crippen molar-refractivity contribution in [3.63, 3.8) is 0 Å². The molecule has 0 N–H and O–H groups in total. The van der Waals surface area contributed by atoms with Crippen LogP contribution in [0.1, 0.15) is 39.4 Å². The molecular weight excluding hydrogens is 316 g/mol. The average molecular weight is 344 g/mol. The third-order valence-electron chi connectivity index (χ3n) is 5.27. The zero-order chi connectivity index (χ0) is 18.0. The van der Waals surface area contributed by atoms with Crippen molar-refractivity contribution >= 4 is 11.8 Å². The number of carbonyl (C=O) groups excluding carboxylic acids is 2. The van der Waals surface area contributed by atoms with Gasteiger partial charge in [0.2, 0.25) is 11.8 Å². The van der Waals surface area contributed by atoms with Gasteiger partial charge in [0.15, 0.2) is 0 Å². The van der Waals surface area contributed by atoms with Gasteiger partial charge in [-0.05, 0) is 26.7 Å². The highest BCUT2D eigenvalue weighted by atomic mass is 16.2. The van der Waals surface area contributed by atoms with Crippen LogP contribution < -0.4 is 0 Å². The standard InChI is InChI=1S/C19H28N4O2/c1-4-17-20-8-10-21(17)13-18(24)22-11-15-5-6-16(12-22)23(19(15)25)9-7-14(2)3/h7-8,10,15-16H,4-6,9,11-13H2,1-3H3/t15-,16+/m0/s1. The van der Waals surface area contributed by atoms with E-state index in [1.165, 1.54) is 5.57 Å². The van der Waals surface area contributed by atoms with E-state index in [1.807, 2.05) is 41.3 Å². The van der Waals surface area contributed by atoms with Gasteiger partial charge in [0.05, 0.1) is 5.92 Å². The molecule has 4 rings (SSSR count). The number of carbonyl (C=O) groups is 2. The summed E-state index contributed by atoms with van der Waals surface area (Å²) < 4.78 is 1.91. The van der Waals surface area contributed by atoms with Gasteiger partial charge in [-0.1, -0.05) is 18.6 Å². The number of fused-ring (bicyclic) bond motifs is 4. The number of rotatable bonds is 5. The molecule has 1 aromatic heterocycles. The highest BCUT2D eigenvalue weighted by molar-refractivity contribution is 5.83. The molecule has 1 aromatic rings. The molecule has 3 aliphatic heterocycles. The van der Waals surface area contributed by atoms with Gasteiger partial charge < -0.3 is 14.4 Å². The maximum absolute atomic E-state index is 12.8. The summed E-state index contributed by atoms with van der Waals surface area (Å²) in [5.74, 6) is 1.16. The van der Waals surface area contributed by atoms with Gasteiger partial charge in [0.1, 0.15) is 12.4 Å². The molecule has 6 nitrogen and oxygen atoms in total. The summed E-state index contributed by atoms with van der Waals surface area (Å²) in [6, 6.07) is 0.138. The predicted molar refractivity (Wildman–Crippen MR) is 95.8 cm³/mol. The molecule has 3 fully saturated rings. The van der Waals surface area contributed by atoms with Crippen LogP contribution in [0.2, 0.25) is 0 Å². The summed E-state index contributed by atoms with van der Waals surface area (Å²) in [6.45, 7) is 8.30. The van der Waals surface area contributed by atoms with E-state index in [2.05, 4.69) is 11.1 Å². The number of hydrogen-bond donors (Lipinski definition) is 0. The SMILES string of the molecule is CCc1nccn1CC(=O)N1C[C@@H]2CC[C@H](C1)N(CC=C(C)C)C2=O.